The number of carbonyl (C=O) groups excluding carboxylic acids is 1. The van der Waals surface area contributed by atoms with E-state index in [1.54, 1.807) is 55.7 Å². The maximum absolute atomic E-state index is 13.0. The second kappa shape index (κ2) is 9.19. The third-order valence-corrected chi connectivity index (χ3v) is 5.38. The maximum atomic E-state index is 13.0. The van der Waals surface area contributed by atoms with Gasteiger partial charge in [-0.2, -0.15) is 4.98 Å². The maximum Gasteiger partial charge on any atom is 0.331 e. The standard InChI is InChI=1S/C23H24N6O4/c1-4-28-22(31)16-7-5-6-8-17(16)29(23(28)32)13-18(30)25-19(14(2)3)21-26-20(27-33-21)15-9-11-24-12-10-15/h5-12,14,19H,4,13H2,1-3H3,(H,25,30). The van der Waals surface area contributed by atoms with E-state index in [-0.39, 0.29) is 30.5 Å². The van der Waals surface area contributed by atoms with Crippen LogP contribution in [0.4, 0.5) is 0 Å². The fraction of sp³-hybridized carbons (Fsp3) is 0.304. The van der Waals surface area contributed by atoms with Gasteiger partial charge in [0.1, 0.15) is 12.6 Å². The predicted molar refractivity (Wildman–Crippen MR) is 121 cm³/mol. The molecule has 1 unspecified atom stereocenters. The smallest absolute Gasteiger partial charge is 0.331 e. The van der Waals surface area contributed by atoms with Crippen LogP contribution < -0.4 is 16.6 Å². The van der Waals surface area contributed by atoms with Gasteiger partial charge in [-0.1, -0.05) is 31.1 Å². The molecule has 0 saturated carbocycles. The predicted octanol–water partition coefficient (Wildman–Crippen LogP) is 2.14. The number of nitrogens with zero attached hydrogens (tertiary/aromatic N) is 5. The van der Waals surface area contributed by atoms with Crippen LogP contribution >= 0.6 is 0 Å². The molecule has 0 saturated heterocycles. The number of rotatable bonds is 7. The summed E-state index contributed by atoms with van der Waals surface area (Å²) < 4.78 is 7.86. The van der Waals surface area contributed by atoms with Gasteiger partial charge in [-0.15, -0.1) is 0 Å². The van der Waals surface area contributed by atoms with Gasteiger partial charge in [0.25, 0.3) is 5.56 Å². The molecule has 0 aliphatic heterocycles. The zero-order chi connectivity index (χ0) is 23.5. The van der Waals surface area contributed by atoms with Crippen molar-refractivity contribution in [3.63, 3.8) is 0 Å². The van der Waals surface area contributed by atoms with Gasteiger partial charge in [-0.3, -0.25) is 23.7 Å². The molecule has 0 fully saturated rings. The van der Waals surface area contributed by atoms with Gasteiger partial charge >= 0.3 is 5.69 Å². The van der Waals surface area contributed by atoms with Crippen molar-refractivity contribution in [2.24, 2.45) is 5.92 Å². The summed E-state index contributed by atoms with van der Waals surface area (Å²) >= 11 is 0. The summed E-state index contributed by atoms with van der Waals surface area (Å²) in [5.74, 6) is 0.189. The molecule has 1 N–H and O–H groups in total. The van der Waals surface area contributed by atoms with Crippen LogP contribution in [0, 0.1) is 5.92 Å². The Morgan fingerprint density at radius 1 is 1.09 bits per heavy atom. The molecule has 0 bridgehead atoms. The molecule has 1 aromatic carbocycles. The van der Waals surface area contributed by atoms with Gasteiger partial charge < -0.3 is 9.84 Å². The molecular formula is C23H24N6O4. The number of nitrogens with one attached hydrogen (secondary N) is 1. The Labute approximate surface area is 188 Å². The number of aromatic nitrogens is 5. The molecule has 33 heavy (non-hydrogen) atoms. The van der Waals surface area contributed by atoms with Gasteiger partial charge in [0.05, 0.1) is 10.9 Å². The summed E-state index contributed by atoms with van der Waals surface area (Å²) in [4.78, 5) is 46.9. The Balaban J connectivity index is 1.63. The van der Waals surface area contributed by atoms with E-state index in [9.17, 15) is 14.4 Å². The van der Waals surface area contributed by atoms with Crippen molar-refractivity contribution < 1.29 is 9.32 Å². The highest BCUT2D eigenvalue weighted by Gasteiger charge is 2.25. The summed E-state index contributed by atoms with van der Waals surface area (Å²) in [6.07, 6.45) is 3.26. The molecule has 170 valence electrons. The first-order chi connectivity index (χ1) is 15.9. The van der Waals surface area contributed by atoms with Crippen molar-refractivity contribution in [1.29, 1.82) is 0 Å². The van der Waals surface area contributed by atoms with Crippen LogP contribution in [0.5, 0.6) is 0 Å². The number of para-hydroxylation sites is 1. The Kier molecular flexibility index (Phi) is 6.16. The number of fused-ring (bicyclic) bond motifs is 1. The Bertz CT molecular complexity index is 1400. The molecule has 0 aliphatic rings. The topological polar surface area (TPSA) is 125 Å². The van der Waals surface area contributed by atoms with Crippen molar-refractivity contribution in [1.82, 2.24) is 29.6 Å². The SMILES string of the molecule is CCn1c(=O)c2ccccc2n(CC(=O)NC(c2nc(-c3ccncc3)no2)C(C)C)c1=O. The van der Waals surface area contributed by atoms with E-state index < -0.39 is 17.6 Å². The first-order valence-corrected chi connectivity index (χ1v) is 10.7. The number of carbonyl (C=O) groups is 1. The minimum Gasteiger partial charge on any atom is -0.342 e. The van der Waals surface area contributed by atoms with Crippen LogP contribution in [0.3, 0.4) is 0 Å². The Morgan fingerprint density at radius 3 is 2.52 bits per heavy atom. The molecule has 0 radical (unpaired) electrons. The summed E-state index contributed by atoms with van der Waals surface area (Å²) in [5.41, 5.74) is 0.249. The molecule has 3 heterocycles. The van der Waals surface area contributed by atoms with E-state index in [4.69, 9.17) is 4.52 Å². The van der Waals surface area contributed by atoms with Crippen LogP contribution in [-0.2, 0) is 17.9 Å². The van der Waals surface area contributed by atoms with Gasteiger partial charge in [0.15, 0.2) is 0 Å². The lowest BCUT2D eigenvalue weighted by molar-refractivity contribution is -0.123. The van der Waals surface area contributed by atoms with E-state index in [0.29, 0.717) is 16.7 Å². The van der Waals surface area contributed by atoms with E-state index in [0.717, 1.165) is 10.1 Å². The van der Waals surface area contributed by atoms with Crippen LogP contribution in [0.15, 0.2) is 62.9 Å². The molecule has 1 amide bonds. The lowest BCUT2D eigenvalue weighted by atomic mass is 10.0. The highest BCUT2D eigenvalue weighted by molar-refractivity contribution is 5.81. The second-order valence-corrected chi connectivity index (χ2v) is 7.92. The molecule has 4 rings (SSSR count). The minimum atomic E-state index is -0.556. The van der Waals surface area contributed by atoms with Crippen LogP contribution in [-0.4, -0.2) is 30.2 Å². The van der Waals surface area contributed by atoms with E-state index in [1.165, 1.54) is 4.57 Å². The summed E-state index contributed by atoms with van der Waals surface area (Å²) in [7, 11) is 0. The third kappa shape index (κ3) is 4.32. The van der Waals surface area contributed by atoms with E-state index >= 15 is 0 Å². The molecule has 0 spiro atoms. The van der Waals surface area contributed by atoms with Crippen molar-refractivity contribution in [2.75, 3.05) is 0 Å². The molecule has 4 aromatic rings. The number of hydrogen-bond acceptors (Lipinski definition) is 7. The fourth-order valence-electron chi connectivity index (χ4n) is 3.66. The molecule has 10 heteroatoms. The summed E-state index contributed by atoms with van der Waals surface area (Å²) in [6.45, 7) is 5.50. The number of pyridine rings is 1. The lowest BCUT2D eigenvalue weighted by Crippen LogP contribution is -2.43. The Morgan fingerprint density at radius 2 is 1.82 bits per heavy atom. The van der Waals surface area contributed by atoms with Crippen LogP contribution in [0.25, 0.3) is 22.3 Å². The van der Waals surface area contributed by atoms with Gasteiger partial charge in [-0.25, -0.2) is 4.79 Å². The monoisotopic (exact) mass is 448 g/mol. The second-order valence-electron chi connectivity index (χ2n) is 7.92. The van der Waals surface area contributed by atoms with Crippen LogP contribution in [0.1, 0.15) is 32.7 Å². The number of hydrogen-bond donors (Lipinski definition) is 1. The highest BCUT2D eigenvalue weighted by atomic mass is 16.5. The van der Waals surface area contributed by atoms with E-state index in [2.05, 4.69) is 20.4 Å². The van der Waals surface area contributed by atoms with E-state index in [1.807, 2.05) is 13.8 Å². The Hall–Kier alpha value is -4.08. The van der Waals surface area contributed by atoms with Gasteiger partial charge in [0, 0.05) is 24.5 Å². The number of amides is 1. The van der Waals surface area contributed by atoms with Crippen molar-refractivity contribution >= 4 is 16.8 Å². The van der Waals surface area contributed by atoms with Gasteiger partial charge in [-0.05, 0) is 37.1 Å². The van der Waals surface area contributed by atoms with Crippen LogP contribution in [0.2, 0.25) is 0 Å². The fourth-order valence-corrected chi connectivity index (χ4v) is 3.66. The average Bonchev–Trinajstić information content (AvgIpc) is 3.31. The van der Waals surface area contributed by atoms with Gasteiger partial charge in [0.2, 0.25) is 17.6 Å². The highest BCUT2D eigenvalue weighted by Crippen LogP contribution is 2.23. The zero-order valence-electron chi connectivity index (χ0n) is 18.6. The van der Waals surface area contributed by atoms with Crippen molar-refractivity contribution in [3.05, 3.63) is 75.5 Å². The molecule has 10 nitrogen and oxygen atoms in total. The third-order valence-electron chi connectivity index (χ3n) is 5.38. The van der Waals surface area contributed by atoms with Crippen molar-refractivity contribution in [2.45, 2.75) is 39.9 Å². The summed E-state index contributed by atoms with van der Waals surface area (Å²) in [6, 6.07) is 9.72. The molecule has 3 aromatic heterocycles. The zero-order valence-corrected chi connectivity index (χ0v) is 18.6. The van der Waals surface area contributed by atoms with Crippen molar-refractivity contribution in [3.8, 4) is 11.4 Å². The normalized spacial score (nSPS) is 12.2. The lowest BCUT2D eigenvalue weighted by Gasteiger charge is -2.19. The summed E-state index contributed by atoms with van der Waals surface area (Å²) in [5, 5.41) is 7.29. The first-order valence-electron chi connectivity index (χ1n) is 10.7. The number of benzene rings is 1. The molecule has 1 atom stereocenters. The average molecular weight is 448 g/mol. The molecular weight excluding hydrogens is 424 g/mol. The largest absolute Gasteiger partial charge is 0.342 e. The molecule has 0 aliphatic carbocycles. The quantitative estimate of drug-likeness (QED) is 0.459. The first kappa shape index (κ1) is 22.1. The minimum absolute atomic E-state index is 0.0576.